The SMILES string of the molecule is NC(=O)C1=C(O)C[C@@H]2CC3Cc4c(F)c(CN5CCC6(CCCCC6)CC5)cc(O)c4C(=O)C3=C(O)[C@]2(O)C1=O. The number of phenolic OH excluding ortho intramolecular Hbond substituents is 1. The van der Waals surface area contributed by atoms with Crippen molar-refractivity contribution in [1.29, 1.82) is 0 Å². The molecule has 0 aromatic heterocycles. The molecule has 6 rings (SSSR count). The second-order valence-corrected chi connectivity index (χ2v) is 12.5. The van der Waals surface area contributed by atoms with E-state index in [1.54, 1.807) is 0 Å². The van der Waals surface area contributed by atoms with E-state index < -0.39 is 63.6 Å². The van der Waals surface area contributed by atoms with Crippen molar-refractivity contribution in [2.75, 3.05) is 13.1 Å². The van der Waals surface area contributed by atoms with Crippen LogP contribution in [0.3, 0.4) is 0 Å². The van der Waals surface area contributed by atoms with Crippen LogP contribution < -0.4 is 5.73 Å². The van der Waals surface area contributed by atoms with Gasteiger partial charge in [-0.05, 0) is 69.0 Å². The molecular weight excluding hydrogens is 519 g/mol. The summed E-state index contributed by atoms with van der Waals surface area (Å²) in [7, 11) is 0. The number of nitrogens with zero attached hydrogens (tertiary/aromatic N) is 1. The highest BCUT2D eigenvalue weighted by molar-refractivity contribution is 6.24. The number of nitrogens with two attached hydrogens (primary N) is 1. The maximum atomic E-state index is 16.0. The minimum atomic E-state index is -2.63. The Morgan fingerprint density at radius 3 is 2.38 bits per heavy atom. The smallest absolute Gasteiger partial charge is 0.255 e. The zero-order chi connectivity index (χ0) is 28.6. The lowest BCUT2D eigenvalue weighted by Crippen LogP contribution is -2.57. The Kier molecular flexibility index (Phi) is 6.34. The maximum absolute atomic E-state index is 16.0. The number of piperidine rings is 1. The number of halogens is 1. The van der Waals surface area contributed by atoms with Gasteiger partial charge in [-0.1, -0.05) is 19.3 Å². The van der Waals surface area contributed by atoms with E-state index in [0.717, 1.165) is 25.9 Å². The van der Waals surface area contributed by atoms with Crippen molar-refractivity contribution in [3.8, 4) is 5.75 Å². The summed E-state index contributed by atoms with van der Waals surface area (Å²) >= 11 is 0. The first-order valence-electron chi connectivity index (χ1n) is 14.2. The van der Waals surface area contributed by atoms with E-state index in [9.17, 15) is 34.8 Å². The summed E-state index contributed by atoms with van der Waals surface area (Å²) in [6.07, 6.45) is 8.09. The molecule has 1 unspecified atom stereocenters. The van der Waals surface area contributed by atoms with Crippen molar-refractivity contribution in [1.82, 2.24) is 4.90 Å². The first kappa shape index (κ1) is 27.0. The number of aliphatic hydroxyl groups is 3. The maximum Gasteiger partial charge on any atom is 0.255 e. The van der Waals surface area contributed by atoms with Crippen LogP contribution in [0.25, 0.3) is 0 Å². The minimum absolute atomic E-state index is 0.0262. The topological polar surface area (TPSA) is 161 Å². The fraction of sp³-hybridized carbons (Fsp3) is 0.567. The lowest BCUT2D eigenvalue weighted by Gasteiger charge is -2.45. The molecule has 40 heavy (non-hydrogen) atoms. The summed E-state index contributed by atoms with van der Waals surface area (Å²) in [4.78, 5) is 40.6. The quantitative estimate of drug-likeness (QED) is 0.356. The molecular formula is C30H35FN2O7. The van der Waals surface area contributed by atoms with Gasteiger partial charge < -0.3 is 26.2 Å². The number of phenols is 1. The van der Waals surface area contributed by atoms with Gasteiger partial charge in [-0.15, -0.1) is 0 Å². The van der Waals surface area contributed by atoms with E-state index in [4.69, 9.17) is 5.73 Å². The highest BCUT2D eigenvalue weighted by Gasteiger charge is 2.59. The Morgan fingerprint density at radius 2 is 1.73 bits per heavy atom. The number of carbonyl (C=O) groups is 3. The van der Waals surface area contributed by atoms with Crippen LogP contribution >= 0.6 is 0 Å². The Bertz CT molecular complexity index is 1380. The predicted molar refractivity (Wildman–Crippen MR) is 141 cm³/mol. The number of Topliss-reactive ketones (excluding diaryl/α,β-unsaturated/α-hetero) is 2. The fourth-order valence-electron chi connectivity index (χ4n) is 8.07. The fourth-order valence-corrected chi connectivity index (χ4v) is 8.07. The number of aromatic hydroxyl groups is 1. The lowest BCUT2D eigenvalue weighted by atomic mass is 9.60. The van der Waals surface area contributed by atoms with Crippen LogP contribution in [-0.2, 0) is 22.6 Å². The molecule has 9 nitrogen and oxygen atoms in total. The van der Waals surface area contributed by atoms with E-state index in [-0.39, 0.29) is 36.0 Å². The van der Waals surface area contributed by atoms with Crippen molar-refractivity contribution in [2.24, 2.45) is 23.0 Å². The van der Waals surface area contributed by atoms with Crippen LogP contribution in [0.15, 0.2) is 28.7 Å². The van der Waals surface area contributed by atoms with Gasteiger partial charge in [0.25, 0.3) is 5.91 Å². The number of amides is 1. The van der Waals surface area contributed by atoms with E-state index in [0.29, 0.717) is 17.5 Å². The summed E-state index contributed by atoms with van der Waals surface area (Å²) < 4.78 is 16.0. The van der Waals surface area contributed by atoms with E-state index in [2.05, 4.69) is 4.90 Å². The number of rotatable bonds is 3. The van der Waals surface area contributed by atoms with Crippen molar-refractivity contribution in [2.45, 2.75) is 76.4 Å². The van der Waals surface area contributed by atoms with E-state index in [1.807, 2.05) is 0 Å². The number of aliphatic hydroxyl groups excluding tert-OH is 2. The zero-order valence-corrected chi connectivity index (χ0v) is 22.3. The average Bonchev–Trinajstić information content (AvgIpc) is 2.90. The van der Waals surface area contributed by atoms with Gasteiger partial charge in [-0.2, -0.15) is 0 Å². The van der Waals surface area contributed by atoms with Gasteiger partial charge in [0.05, 0.1) is 5.56 Å². The monoisotopic (exact) mass is 554 g/mol. The highest BCUT2D eigenvalue weighted by atomic mass is 19.1. The second kappa shape index (κ2) is 9.41. The minimum Gasteiger partial charge on any atom is -0.511 e. The molecule has 1 spiro atoms. The van der Waals surface area contributed by atoms with Crippen LogP contribution in [-0.4, -0.2) is 61.5 Å². The number of allylic oxidation sites excluding steroid dienone is 2. The van der Waals surface area contributed by atoms with E-state index >= 15 is 4.39 Å². The number of hydrogen-bond acceptors (Lipinski definition) is 8. The molecule has 4 aliphatic carbocycles. The number of benzene rings is 1. The molecule has 1 saturated heterocycles. The van der Waals surface area contributed by atoms with E-state index in [1.165, 1.54) is 38.2 Å². The molecule has 1 aliphatic heterocycles. The second-order valence-electron chi connectivity index (χ2n) is 12.5. The van der Waals surface area contributed by atoms with Gasteiger partial charge in [0.15, 0.2) is 11.4 Å². The third-order valence-corrected chi connectivity index (χ3v) is 10.3. The Labute approximate surface area is 231 Å². The molecule has 214 valence electrons. The largest absolute Gasteiger partial charge is 0.511 e. The van der Waals surface area contributed by atoms with Crippen molar-refractivity contribution >= 4 is 17.5 Å². The highest BCUT2D eigenvalue weighted by Crippen LogP contribution is 2.52. The van der Waals surface area contributed by atoms with Gasteiger partial charge in [0, 0.05) is 35.6 Å². The number of likely N-dealkylation sites (tertiary alicyclic amines) is 1. The summed E-state index contributed by atoms with van der Waals surface area (Å²) in [5, 5.41) is 43.6. The number of hydrogen-bond donors (Lipinski definition) is 5. The normalized spacial score (nSPS) is 30.2. The number of ketones is 2. The Hall–Kier alpha value is -3.24. The third-order valence-electron chi connectivity index (χ3n) is 10.3. The summed E-state index contributed by atoms with van der Waals surface area (Å²) in [5.41, 5.74) is 1.93. The van der Waals surface area contributed by atoms with Gasteiger partial charge in [-0.3, -0.25) is 19.3 Å². The third kappa shape index (κ3) is 3.90. The van der Waals surface area contributed by atoms with Crippen molar-refractivity contribution in [3.05, 3.63) is 51.2 Å². The molecule has 5 aliphatic rings. The van der Waals surface area contributed by atoms with Crippen LogP contribution in [0.1, 0.15) is 79.3 Å². The van der Waals surface area contributed by atoms with Crippen LogP contribution in [0, 0.1) is 23.1 Å². The summed E-state index contributed by atoms with van der Waals surface area (Å²) in [6.45, 7) is 2.00. The zero-order valence-electron chi connectivity index (χ0n) is 22.3. The molecule has 0 bridgehead atoms. The van der Waals surface area contributed by atoms with Crippen molar-refractivity contribution in [3.63, 3.8) is 0 Å². The number of primary amides is 1. The van der Waals surface area contributed by atoms with Crippen LogP contribution in [0.5, 0.6) is 5.75 Å². The first-order valence-corrected chi connectivity index (χ1v) is 14.2. The summed E-state index contributed by atoms with van der Waals surface area (Å²) in [5.74, 6) is -7.74. The number of fused-ring (bicyclic) bond motifs is 3. The van der Waals surface area contributed by atoms with Crippen LogP contribution in [0.2, 0.25) is 0 Å². The predicted octanol–water partition coefficient (Wildman–Crippen LogP) is 3.27. The first-order chi connectivity index (χ1) is 19.0. The molecule has 3 atom stereocenters. The average molecular weight is 555 g/mol. The van der Waals surface area contributed by atoms with Gasteiger partial charge in [-0.25, -0.2) is 4.39 Å². The molecule has 1 amide bonds. The van der Waals surface area contributed by atoms with Gasteiger partial charge in [0.2, 0.25) is 5.78 Å². The molecule has 1 aromatic carbocycles. The lowest BCUT2D eigenvalue weighted by molar-refractivity contribution is -0.144. The molecule has 1 aromatic rings. The molecule has 1 saturated carbocycles. The Morgan fingerprint density at radius 1 is 1.05 bits per heavy atom. The standard InChI is InChI=1S/C30H35FN2O7/c31-24-16(14-33-8-6-29(7-9-33)4-2-1-3-5-29)12-19(34)22-18(24)11-15-10-17-13-20(35)23(28(32)39)27(38)30(17,40)26(37)21(15)25(22)36/h12,15,17,34-35,37,40H,1-11,13-14H2,(H2,32,39)/t15?,17-,30-/m0/s1. The molecule has 6 N–H and O–H groups in total. The molecule has 0 radical (unpaired) electrons. The number of carbonyl (C=O) groups excluding carboxylic acids is 3. The van der Waals surface area contributed by atoms with Crippen LogP contribution in [0.4, 0.5) is 4.39 Å². The Balaban J connectivity index is 1.30. The molecule has 2 fully saturated rings. The van der Waals surface area contributed by atoms with Gasteiger partial charge in [0.1, 0.15) is 28.7 Å². The van der Waals surface area contributed by atoms with Crippen molar-refractivity contribution < 1.29 is 39.2 Å². The molecule has 10 heteroatoms. The molecule has 1 heterocycles. The van der Waals surface area contributed by atoms with Gasteiger partial charge >= 0.3 is 0 Å². The summed E-state index contributed by atoms with van der Waals surface area (Å²) in [6, 6.07) is 1.26.